The van der Waals surface area contributed by atoms with E-state index in [2.05, 4.69) is 10.0 Å². The Morgan fingerprint density at radius 2 is 1.81 bits per heavy atom. The molecule has 1 unspecified atom stereocenters. The van der Waals surface area contributed by atoms with Crippen LogP contribution in [0.3, 0.4) is 0 Å². The van der Waals surface area contributed by atoms with E-state index in [-0.39, 0.29) is 37.4 Å². The van der Waals surface area contributed by atoms with E-state index in [1.807, 2.05) is 0 Å². The molecule has 32 heavy (non-hydrogen) atoms. The third-order valence-corrected chi connectivity index (χ3v) is 4.61. The molecule has 0 spiro atoms. The van der Waals surface area contributed by atoms with Crippen LogP contribution in [0.25, 0.3) is 10.4 Å². The molecule has 1 atom stereocenters. The van der Waals surface area contributed by atoms with Gasteiger partial charge in [0.15, 0.2) is 0 Å². The fourth-order valence-electron chi connectivity index (χ4n) is 3.08. The molecule has 2 aromatic carbocycles. The van der Waals surface area contributed by atoms with E-state index in [1.165, 1.54) is 0 Å². The lowest BCUT2D eigenvalue weighted by Gasteiger charge is -2.18. The molecular weight excluding hydrogens is 420 g/mol. The standard InChI is InChI=1S/C21H18N4O7/c22-24-23-9-19(27)31-12-16(11-30-13-26)15-5-3-4-14(8-15)10-32-25-20(28)17-6-1-2-7-18(17)21(25)29/h1-8,13,16H,9-12H2. The first-order valence-electron chi connectivity index (χ1n) is 9.46. The second kappa shape index (κ2) is 10.7. The Bertz CT molecular complexity index is 1050. The van der Waals surface area contributed by atoms with Crippen LogP contribution in [0.2, 0.25) is 0 Å². The number of fused-ring (bicyclic) bond motifs is 1. The van der Waals surface area contributed by atoms with E-state index in [0.717, 1.165) is 5.06 Å². The fourth-order valence-corrected chi connectivity index (χ4v) is 3.08. The summed E-state index contributed by atoms with van der Waals surface area (Å²) >= 11 is 0. The number of carbonyl (C=O) groups is 4. The van der Waals surface area contributed by atoms with Gasteiger partial charge in [0.1, 0.15) is 26.4 Å². The van der Waals surface area contributed by atoms with Gasteiger partial charge < -0.3 is 9.47 Å². The van der Waals surface area contributed by atoms with Crippen molar-refractivity contribution in [2.24, 2.45) is 5.11 Å². The van der Waals surface area contributed by atoms with Crippen LogP contribution >= 0.6 is 0 Å². The SMILES string of the molecule is [N-]=[N+]=NCC(=O)OCC(COC=O)c1cccc(CON2C(=O)c3ccccc3C2=O)c1. The summed E-state index contributed by atoms with van der Waals surface area (Å²) in [6, 6.07) is 13.3. The maximum Gasteiger partial charge on any atom is 0.311 e. The minimum absolute atomic E-state index is 0.0545. The summed E-state index contributed by atoms with van der Waals surface area (Å²) in [6.07, 6.45) is 0. The van der Waals surface area contributed by atoms with Gasteiger partial charge in [-0.05, 0) is 28.8 Å². The van der Waals surface area contributed by atoms with Crippen molar-refractivity contribution in [2.45, 2.75) is 12.5 Å². The summed E-state index contributed by atoms with van der Waals surface area (Å²) in [7, 11) is 0. The first kappa shape index (κ1) is 22.5. The zero-order valence-electron chi connectivity index (χ0n) is 16.7. The average molecular weight is 438 g/mol. The lowest BCUT2D eigenvalue weighted by molar-refractivity contribution is -0.143. The molecule has 2 aromatic rings. The normalized spacial score (nSPS) is 13.2. The van der Waals surface area contributed by atoms with Crippen LogP contribution in [0, 0.1) is 0 Å². The fraction of sp³-hybridized carbons (Fsp3) is 0.238. The van der Waals surface area contributed by atoms with Gasteiger partial charge in [-0.1, -0.05) is 41.5 Å². The van der Waals surface area contributed by atoms with Crippen molar-refractivity contribution in [3.63, 3.8) is 0 Å². The number of hydrogen-bond donors (Lipinski definition) is 0. The third kappa shape index (κ3) is 5.28. The topological polar surface area (TPSA) is 148 Å². The number of amides is 2. The highest BCUT2D eigenvalue weighted by Gasteiger charge is 2.36. The summed E-state index contributed by atoms with van der Waals surface area (Å²) in [5, 5.41) is 3.85. The molecule has 0 N–H and O–H groups in total. The van der Waals surface area contributed by atoms with Crippen molar-refractivity contribution >= 4 is 24.3 Å². The van der Waals surface area contributed by atoms with E-state index in [0.29, 0.717) is 11.1 Å². The van der Waals surface area contributed by atoms with Gasteiger partial charge in [-0.15, -0.1) is 5.06 Å². The molecule has 11 nitrogen and oxygen atoms in total. The van der Waals surface area contributed by atoms with Gasteiger partial charge in [-0.3, -0.25) is 24.0 Å². The molecule has 0 saturated carbocycles. The van der Waals surface area contributed by atoms with E-state index >= 15 is 0 Å². The smallest absolute Gasteiger partial charge is 0.311 e. The average Bonchev–Trinajstić information content (AvgIpc) is 3.06. The largest absolute Gasteiger partial charge is 0.467 e. The quantitative estimate of drug-likeness (QED) is 0.131. The minimum Gasteiger partial charge on any atom is -0.467 e. The Hall–Kier alpha value is -4.21. The Labute approximate surface area is 182 Å². The van der Waals surface area contributed by atoms with Gasteiger partial charge >= 0.3 is 5.97 Å². The summed E-state index contributed by atoms with van der Waals surface area (Å²) in [6.45, 7) is -0.412. The Kier molecular flexibility index (Phi) is 7.52. The lowest BCUT2D eigenvalue weighted by Crippen LogP contribution is -2.29. The molecule has 2 amide bonds. The van der Waals surface area contributed by atoms with E-state index in [1.54, 1.807) is 48.5 Å². The molecule has 1 aliphatic heterocycles. The number of ether oxygens (including phenoxy) is 2. The summed E-state index contributed by atoms with van der Waals surface area (Å²) in [4.78, 5) is 55.0. The van der Waals surface area contributed by atoms with Gasteiger partial charge in [0.2, 0.25) is 0 Å². The molecule has 0 fully saturated rings. The summed E-state index contributed by atoms with van der Waals surface area (Å²) in [5.74, 6) is -2.28. The number of imide groups is 1. The highest BCUT2D eigenvalue weighted by atomic mass is 16.7. The number of nitrogens with zero attached hydrogens (tertiary/aromatic N) is 4. The Morgan fingerprint density at radius 3 is 2.47 bits per heavy atom. The van der Waals surface area contributed by atoms with E-state index in [9.17, 15) is 19.2 Å². The van der Waals surface area contributed by atoms with E-state index in [4.69, 9.17) is 19.8 Å². The molecule has 11 heteroatoms. The molecule has 0 saturated heterocycles. The maximum atomic E-state index is 12.4. The second-order valence-corrected chi connectivity index (χ2v) is 6.67. The molecule has 0 aromatic heterocycles. The number of hydroxylamine groups is 2. The van der Waals surface area contributed by atoms with Gasteiger partial charge in [0.05, 0.1) is 17.0 Å². The molecule has 0 radical (unpaired) electrons. The van der Waals surface area contributed by atoms with Crippen LogP contribution in [-0.4, -0.2) is 49.1 Å². The number of esters is 1. The molecule has 3 rings (SSSR count). The molecule has 1 aliphatic rings. The van der Waals surface area contributed by atoms with Crippen molar-refractivity contribution < 1.29 is 33.5 Å². The first-order valence-corrected chi connectivity index (χ1v) is 9.46. The lowest BCUT2D eigenvalue weighted by atomic mass is 9.99. The molecule has 164 valence electrons. The monoisotopic (exact) mass is 438 g/mol. The van der Waals surface area contributed by atoms with Crippen LogP contribution in [0.1, 0.15) is 37.8 Å². The zero-order chi connectivity index (χ0) is 22.9. The Morgan fingerprint density at radius 1 is 1.09 bits per heavy atom. The van der Waals surface area contributed by atoms with Crippen LogP contribution < -0.4 is 0 Å². The van der Waals surface area contributed by atoms with Gasteiger partial charge in [0, 0.05) is 4.91 Å². The van der Waals surface area contributed by atoms with Gasteiger partial charge in [0.25, 0.3) is 18.3 Å². The van der Waals surface area contributed by atoms with Crippen molar-refractivity contribution in [1.82, 2.24) is 5.06 Å². The third-order valence-electron chi connectivity index (χ3n) is 4.61. The van der Waals surface area contributed by atoms with Crippen LogP contribution in [-0.2, 0) is 30.5 Å². The molecule has 0 bridgehead atoms. The van der Waals surface area contributed by atoms with Crippen LogP contribution in [0.5, 0.6) is 0 Å². The number of benzene rings is 2. The minimum atomic E-state index is -0.719. The summed E-state index contributed by atoms with van der Waals surface area (Å²) < 4.78 is 9.90. The molecule has 1 heterocycles. The first-order chi connectivity index (χ1) is 15.5. The van der Waals surface area contributed by atoms with Gasteiger partial charge in [-0.25, -0.2) is 0 Å². The maximum absolute atomic E-state index is 12.4. The van der Waals surface area contributed by atoms with Crippen molar-refractivity contribution in [2.75, 3.05) is 19.8 Å². The van der Waals surface area contributed by atoms with Crippen molar-refractivity contribution in [3.05, 3.63) is 81.2 Å². The number of carbonyl (C=O) groups excluding carboxylic acids is 4. The second-order valence-electron chi connectivity index (χ2n) is 6.67. The zero-order valence-corrected chi connectivity index (χ0v) is 16.7. The molecule has 0 aliphatic carbocycles. The summed E-state index contributed by atoms with van der Waals surface area (Å²) in [5.41, 5.74) is 10.1. The highest BCUT2D eigenvalue weighted by Crippen LogP contribution is 2.24. The number of azide groups is 1. The van der Waals surface area contributed by atoms with Crippen molar-refractivity contribution in [3.8, 4) is 0 Å². The number of hydrogen-bond acceptors (Lipinski definition) is 8. The Balaban J connectivity index is 1.66. The predicted molar refractivity (Wildman–Crippen MR) is 108 cm³/mol. The van der Waals surface area contributed by atoms with Crippen molar-refractivity contribution in [1.29, 1.82) is 0 Å². The van der Waals surface area contributed by atoms with E-state index < -0.39 is 30.2 Å². The highest BCUT2D eigenvalue weighted by molar-refractivity contribution is 6.20. The number of rotatable bonds is 11. The predicted octanol–water partition coefficient (Wildman–Crippen LogP) is 2.52. The molecular formula is C21H18N4O7. The van der Waals surface area contributed by atoms with Crippen LogP contribution in [0.4, 0.5) is 0 Å². The van der Waals surface area contributed by atoms with Crippen LogP contribution in [0.15, 0.2) is 53.6 Å². The van der Waals surface area contributed by atoms with Gasteiger partial charge in [-0.2, -0.15) is 0 Å².